The van der Waals surface area contributed by atoms with Crippen LogP contribution in [0.15, 0.2) is 29.2 Å². The molecule has 1 aromatic carbocycles. The molecule has 214 valence electrons. The third kappa shape index (κ3) is 5.98. The molecule has 1 aliphatic carbocycles. The molecule has 0 radical (unpaired) electrons. The van der Waals surface area contributed by atoms with E-state index in [4.69, 9.17) is 16.2 Å². The van der Waals surface area contributed by atoms with Crippen molar-refractivity contribution in [1.29, 1.82) is 0 Å². The molecule has 0 bridgehead atoms. The van der Waals surface area contributed by atoms with Crippen molar-refractivity contribution in [2.45, 2.75) is 50.7 Å². The van der Waals surface area contributed by atoms with Gasteiger partial charge in [0.2, 0.25) is 11.4 Å². The van der Waals surface area contributed by atoms with Gasteiger partial charge >= 0.3 is 6.18 Å². The molecule has 5 N–H and O–H groups in total. The van der Waals surface area contributed by atoms with Gasteiger partial charge in [-0.15, -0.1) is 0 Å². The number of ether oxygens (including phenoxy) is 1. The molecule has 1 saturated carbocycles. The summed E-state index contributed by atoms with van der Waals surface area (Å²) in [5.41, 5.74) is 12.7. The third-order valence-electron chi connectivity index (χ3n) is 7.67. The van der Waals surface area contributed by atoms with Crippen LogP contribution in [0.1, 0.15) is 53.9 Å². The normalized spacial score (nSPS) is 16.8. The van der Waals surface area contributed by atoms with Gasteiger partial charge in [0.1, 0.15) is 17.1 Å². The van der Waals surface area contributed by atoms with Gasteiger partial charge in [-0.25, -0.2) is 4.98 Å². The second-order valence-electron chi connectivity index (χ2n) is 10.5. The standard InChI is InChI=1S/C27H32F3N7O3/c1-40-20-12-17(16-6-9-36(10-7-16)11-8-27(28,29)30)4-5-19(20)34-26-33-13-18-22(38)21(24(32)39)23(31)37(25(18)35-26)14-15-2-3-15/h4-5,12-13,15-16H,2-3,6-11,14,31H2,1H3,(H2,32,39)(H,33,34,35). The van der Waals surface area contributed by atoms with Gasteiger partial charge in [0.15, 0.2) is 5.65 Å². The van der Waals surface area contributed by atoms with Crippen LogP contribution in [0.2, 0.25) is 0 Å². The smallest absolute Gasteiger partial charge is 0.390 e. The molecular formula is C27H32F3N7O3. The van der Waals surface area contributed by atoms with Gasteiger partial charge in [-0.1, -0.05) is 6.07 Å². The van der Waals surface area contributed by atoms with E-state index in [1.165, 1.54) is 6.20 Å². The van der Waals surface area contributed by atoms with Crippen molar-refractivity contribution in [3.8, 4) is 5.75 Å². The highest BCUT2D eigenvalue weighted by Crippen LogP contribution is 2.36. The summed E-state index contributed by atoms with van der Waals surface area (Å²) < 4.78 is 45.0. The minimum absolute atomic E-state index is 0.00654. The van der Waals surface area contributed by atoms with Crippen molar-refractivity contribution in [2.75, 3.05) is 37.8 Å². The predicted molar refractivity (Wildman–Crippen MR) is 145 cm³/mol. The molecule has 2 aliphatic rings. The van der Waals surface area contributed by atoms with Crippen molar-refractivity contribution in [3.05, 3.63) is 45.7 Å². The molecule has 10 nitrogen and oxygen atoms in total. The molecule has 5 rings (SSSR count). The topological polar surface area (TPSA) is 141 Å². The van der Waals surface area contributed by atoms with E-state index in [-0.39, 0.29) is 35.2 Å². The molecule has 2 fully saturated rings. The van der Waals surface area contributed by atoms with E-state index in [0.717, 1.165) is 31.2 Å². The van der Waals surface area contributed by atoms with Gasteiger partial charge in [0.25, 0.3) is 5.91 Å². The average molecular weight is 560 g/mol. The van der Waals surface area contributed by atoms with Gasteiger partial charge in [0, 0.05) is 19.3 Å². The molecule has 2 aromatic heterocycles. The number of halogens is 3. The predicted octanol–water partition coefficient (Wildman–Crippen LogP) is 3.77. The molecular weight excluding hydrogens is 527 g/mol. The molecule has 3 aromatic rings. The first-order valence-electron chi connectivity index (χ1n) is 13.3. The first kappa shape index (κ1) is 27.7. The lowest BCUT2D eigenvalue weighted by Gasteiger charge is -2.32. The van der Waals surface area contributed by atoms with Crippen LogP contribution in [0.4, 0.5) is 30.6 Å². The quantitative estimate of drug-likeness (QED) is 0.360. The maximum atomic E-state index is 12.9. The Balaban J connectivity index is 1.37. The van der Waals surface area contributed by atoms with Crippen LogP contribution >= 0.6 is 0 Å². The summed E-state index contributed by atoms with van der Waals surface area (Å²) in [6, 6.07) is 5.72. The molecule has 40 heavy (non-hydrogen) atoms. The zero-order valence-corrected chi connectivity index (χ0v) is 22.1. The van der Waals surface area contributed by atoms with Gasteiger partial charge in [-0.05, 0) is 68.3 Å². The van der Waals surface area contributed by atoms with Crippen LogP contribution in [0.25, 0.3) is 11.0 Å². The molecule has 3 heterocycles. The lowest BCUT2D eigenvalue weighted by Crippen LogP contribution is -2.35. The summed E-state index contributed by atoms with van der Waals surface area (Å²) in [5.74, 6) is 0.456. The number of carbonyl (C=O) groups is 1. The number of carbonyl (C=O) groups excluding carboxylic acids is 1. The first-order chi connectivity index (χ1) is 19.0. The monoisotopic (exact) mass is 559 g/mol. The van der Waals surface area contributed by atoms with E-state index in [1.807, 2.05) is 23.1 Å². The number of nitrogens with two attached hydrogens (primary N) is 2. The van der Waals surface area contributed by atoms with Crippen LogP contribution in [-0.4, -0.2) is 58.3 Å². The summed E-state index contributed by atoms with van der Waals surface area (Å²) in [5, 5.41) is 3.30. The second kappa shape index (κ2) is 11.0. The number of hydrogen-bond acceptors (Lipinski definition) is 8. The summed E-state index contributed by atoms with van der Waals surface area (Å²) in [4.78, 5) is 35.6. The Morgan fingerprint density at radius 1 is 1.20 bits per heavy atom. The third-order valence-corrected chi connectivity index (χ3v) is 7.67. The van der Waals surface area contributed by atoms with E-state index in [2.05, 4.69) is 15.3 Å². The van der Waals surface area contributed by atoms with Crippen LogP contribution in [0.5, 0.6) is 5.75 Å². The van der Waals surface area contributed by atoms with E-state index in [0.29, 0.717) is 42.6 Å². The first-order valence-corrected chi connectivity index (χ1v) is 13.3. The van der Waals surface area contributed by atoms with E-state index in [9.17, 15) is 22.8 Å². The number of likely N-dealkylation sites (tertiary alicyclic amines) is 1. The van der Waals surface area contributed by atoms with Crippen LogP contribution in [0.3, 0.4) is 0 Å². The number of amides is 1. The summed E-state index contributed by atoms with van der Waals surface area (Å²) in [6.45, 7) is 1.75. The Morgan fingerprint density at radius 2 is 1.93 bits per heavy atom. The Bertz CT molecular complexity index is 1480. The fourth-order valence-electron chi connectivity index (χ4n) is 5.24. The highest BCUT2D eigenvalue weighted by atomic mass is 19.4. The number of fused-ring (bicyclic) bond motifs is 1. The SMILES string of the molecule is COc1cc(C2CCN(CCC(F)(F)F)CC2)ccc1Nc1ncc2c(=O)c(C(N)=O)c(N)n(CC3CC3)c2n1. The minimum atomic E-state index is -4.14. The molecule has 1 amide bonds. The van der Waals surface area contributed by atoms with Gasteiger partial charge in [-0.2, -0.15) is 18.2 Å². The maximum absolute atomic E-state index is 12.9. The number of aromatic nitrogens is 3. The van der Waals surface area contributed by atoms with Gasteiger partial charge < -0.3 is 31.0 Å². The number of methoxy groups -OCH3 is 1. The maximum Gasteiger partial charge on any atom is 0.390 e. The second-order valence-corrected chi connectivity index (χ2v) is 10.5. The lowest BCUT2D eigenvalue weighted by atomic mass is 9.89. The largest absolute Gasteiger partial charge is 0.495 e. The number of nitrogens with one attached hydrogen (secondary N) is 1. The fourth-order valence-corrected chi connectivity index (χ4v) is 5.24. The van der Waals surface area contributed by atoms with Crippen LogP contribution < -0.4 is 26.9 Å². The minimum Gasteiger partial charge on any atom is -0.495 e. The number of primary amides is 1. The number of nitrogens with zero attached hydrogens (tertiary/aromatic N) is 4. The number of anilines is 3. The van der Waals surface area contributed by atoms with Gasteiger partial charge in [0.05, 0.1) is 24.6 Å². The molecule has 13 heteroatoms. The molecule has 1 aliphatic heterocycles. The zero-order valence-electron chi connectivity index (χ0n) is 22.1. The number of rotatable bonds is 9. The highest BCUT2D eigenvalue weighted by molar-refractivity contribution is 6.00. The molecule has 0 atom stereocenters. The molecule has 0 spiro atoms. The van der Waals surface area contributed by atoms with Gasteiger partial charge in [-0.3, -0.25) is 9.59 Å². The Hall–Kier alpha value is -3.87. The molecule has 0 unspecified atom stereocenters. The van der Waals surface area contributed by atoms with Crippen molar-refractivity contribution in [1.82, 2.24) is 19.4 Å². The summed E-state index contributed by atoms with van der Waals surface area (Å²) in [6.07, 6.45) is -0.0240. The number of hydrogen-bond donors (Lipinski definition) is 3. The Labute approximate surface area is 228 Å². The van der Waals surface area contributed by atoms with Crippen molar-refractivity contribution in [3.63, 3.8) is 0 Å². The van der Waals surface area contributed by atoms with Crippen molar-refractivity contribution < 1.29 is 22.7 Å². The number of nitrogen functional groups attached to an aromatic ring is 1. The molecule has 1 saturated heterocycles. The van der Waals surface area contributed by atoms with Crippen molar-refractivity contribution >= 4 is 34.4 Å². The van der Waals surface area contributed by atoms with E-state index in [1.54, 1.807) is 11.7 Å². The Morgan fingerprint density at radius 3 is 2.55 bits per heavy atom. The zero-order chi connectivity index (χ0) is 28.6. The number of pyridine rings is 1. The Kier molecular flexibility index (Phi) is 7.58. The fraction of sp³-hybridized carbons (Fsp3) is 0.481. The summed E-state index contributed by atoms with van der Waals surface area (Å²) >= 11 is 0. The van der Waals surface area contributed by atoms with Crippen molar-refractivity contribution in [2.24, 2.45) is 11.7 Å². The average Bonchev–Trinajstić information content (AvgIpc) is 3.74. The number of alkyl halides is 3. The highest BCUT2D eigenvalue weighted by Gasteiger charge is 2.30. The van der Waals surface area contributed by atoms with Crippen LogP contribution in [-0.2, 0) is 6.54 Å². The van der Waals surface area contributed by atoms with E-state index >= 15 is 0 Å². The summed E-state index contributed by atoms with van der Waals surface area (Å²) in [7, 11) is 1.55. The number of piperidine rings is 1. The number of benzene rings is 1. The lowest BCUT2D eigenvalue weighted by molar-refractivity contribution is -0.138. The van der Waals surface area contributed by atoms with E-state index < -0.39 is 23.9 Å². The van der Waals surface area contributed by atoms with Crippen LogP contribution in [0, 0.1) is 5.92 Å².